The van der Waals surface area contributed by atoms with Gasteiger partial charge in [0.1, 0.15) is 8.24 Å². The fourth-order valence-electron chi connectivity index (χ4n) is 2.10. The lowest BCUT2D eigenvalue weighted by atomic mass is 10.5. The van der Waals surface area contributed by atoms with E-state index in [1.54, 1.807) is 0 Å². The number of likely N-dealkylation sites (N-methyl/N-ethyl adjacent to an activating group) is 1. The number of nitrogens with zero attached hydrogens (tertiary/aromatic N) is 1. The largest absolute Gasteiger partial charge is 0.393 e. The highest BCUT2D eigenvalue weighted by Gasteiger charge is 2.36. The SMILES string of the molecule is CCC[Si]1(CCC)OCCN(C)CCO1.CN[Si](C)(C)C. The predicted octanol–water partition coefficient (Wildman–Crippen LogP) is 3.27. The Morgan fingerprint density at radius 3 is 1.67 bits per heavy atom. The molecule has 1 aliphatic heterocycles. The lowest BCUT2D eigenvalue weighted by Crippen LogP contribution is -2.47. The van der Waals surface area contributed by atoms with E-state index in [0.29, 0.717) is 0 Å². The van der Waals surface area contributed by atoms with Crippen molar-refractivity contribution >= 4 is 16.8 Å². The third-order valence-corrected chi connectivity index (χ3v) is 9.17. The quantitative estimate of drug-likeness (QED) is 0.783. The third-order valence-electron chi connectivity index (χ3n) is 3.69. The van der Waals surface area contributed by atoms with Crippen molar-refractivity contribution in [3.63, 3.8) is 0 Å². The first-order valence-corrected chi connectivity index (χ1v) is 14.2. The zero-order valence-electron chi connectivity index (χ0n) is 15.4. The fraction of sp³-hybridized carbons (Fsp3) is 1.00. The summed E-state index contributed by atoms with van der Waals surface area (Å²) in [7, 11) is 1.44. The first kappa shape index (κ1) is 21.3. The molecule has 0 amide bonds. The average Bonchev–Trinajstić information content (AvgIpc) is 2.37. The molecule has 1 saturated heterocycles. The minimum absolute atomic E-state index is 0.850. The van der Waals surface area contributed by atoms with Gasteiger partial charge in [0.2, 0.25) is 0 Å². The van der Waals surface area contributed by atoms with Crippen LogP contribution in [0.25, 0.3) is 0 Å². The molecule has 4 nitrogen and oxygen atoms in total. The van der Waals surface area contributed by atoms with E-state index < -0.39 is 16.8 Å². The molecule has 0 unspecified atom stereocenters. The van der Waals surface area contributed by atoms with Gasteiger partial charge in [0, 0.05) is 26.3 Å². The van der Waals surface area contributed by atoms with E-state index in [-0.39, 0.29) is 0 Å². The zero-order valence-corrected chi connectivity index (χ0v) is 17.4. The molecule has 0 saturated carbocycles. The first-order valence-electron chi connectivity index (χ1n) is 8.44. The monoisotopic (exact) mass is 334 g/mol. The number of rotatable bonds is 5. The van der Waals surface area contributed by atoms with Crippen LogP contribution in [-0.2, 0) is 8.85 Å². The smallest absolute Gasteiger partial charge is 0.338 e. The predicted molar refractivity (Wildman–Crippen MR) is 97.8 cm³/mol. The van der Waals surface area contributed by atoms with Crippen LogP contribution in [0.2, 0.25) is 31.7 Å². The van der Waals surface area contributed by atoms with Gasteiger partial charge in [0.25, 0.3) is 0 Å². The van der Waals surface area contributed by atoms with Crippen molar-refractivity contribution in [2.45, 2.75) is 58.4 Å². The van der Waals surface area contributed by atoms with Crippen LogP contribution in [-0.4, -0.2) is 62.1 Å². The van der Waals surface area contributed by atoms with Crippen LogP contribution in [0.4, 0.5) is 0 Å². The van der Waals surface area contributed by atoms with E-state index in [0.717, 1.165) is 38.4 Å². The Labute approximate surface area is 134 Å². The van der Waals surface area contributed by atoms with Gasteiger partial charge in [0.15, 0.2) is 0 Å². The van der Waals surface area contributed by atoms with Gasteiger partial charge in [-0.3, -0.25) is 0 Å². The topological polar surface area (TPSA) is 33.7 Å². The van der Waals surface area contributed by atoms with Gasteiger partial charge in [-0.2, -0.15) is 0 Å². The van der Waals surface area contributed by atoms with E-state index in [4.69, 9.17) is 8.85 Å². The minimum atomic E-state index is -1.82. The molecule has 1 N–H and O–H groups in total. The summed E-state index contributed by atoms with van der Waals surface area (Å²) >= 11 is 0. The van der Waals surface area contributed by atoms with Crippen LogP contribution in [0.3, 0.4) is 0 Å². The standard InChI is InChI=1S/C11H25NO2Si.C4H13NSi/c1-4-10-15(11-5-2)13-8-6-12(3)7-9-14-15;1-5-6(2,3)4/h4-11H2,1-3H3;5H,1-4H3. The van der Waals surface area contributed by atoms with Gasteiger partial charge < -0.3 is 18.7 Å². The van der Waals surface area contributed by atoms with Gasteiger partial charge in [-0.15, -0.1) is 0 Å². The third kappa shape index (κ3) is 10.6. The molecular weight excluding hydrogens is 296 g/mol. The van der Waals surface area contributed by atoms with Gasteiger partial charge in [0.05, 0.1) is 0 Å². The summed E-state index contributed by atoms with van der Waals surface area (Å²) in [5.41, 5.74) is 0. The molecule has 0 radical (unpaired) electrons. The maximum atomic E-state index is 6.10. The molecule has 0 aliphatic carbocycles. The van der Waals surface area contributed by atoms with Crippen LogP contribution < -0.4 is 4.98 Å². The first-order chi connectivity index (χ1) is 9.78. The van der Waals surface area contributed by atoms with Crippen LogP contribution in [0.1, 0.15) is 26.7 Å². The van der Waals surface area contributed by atoms with Crippen molar-refractivity contribution < 1.29 is 8.85 Å². The number of hydrogen-bond donors (Lipinski definition) is 1. The van der Waals surface area contributed by atoms with Crippen molar-refractivity contribution in [1.29, 1.82) is 0 Å². The fourth-order valence-corrected chi connectivity index (χ4v) is 5.46. The lowest BCUT2D eigenvalue weighted by Gasteiger charge is -2.34. The Balaban J connectivity index is 0.000000567. The van der Waals surface area contributed by atoms with E-state index in [2.05, 4.69) is 50.4 Å². The van der Waals surface area contributed by atoms with Crippen molar-refractivity contribution in [2.75, 3.05) is 40.4 Å². The van der Waals surface area contributed by atoms with Crippen LogP contribution in [0.5, 0.6) is 0 Å². The molecule has 128 valence electrons. The zero-order chi connectivity index (χ0) is 16.4. The minimum Gasteiger partial charge on any atom is -0.393 e. The van der Waals surface area contributed by atoms with Crippen molar-refractivity contribution in [3.8, 4) is 0 Å². The molecule has 0 aromatic carbocycles. The number of hydrogen-bond acceptors (Lipinski definition) is 4. The summed E-state index contributed by atoms with van der Waals surface area (Å²) in [6.45, 7) is 15.1. The second kappa shape index (κ2) is 10.9. The molecule has 1 aliphatic rings. The Kier molecular flexibility index (Phi) is 11.1. The molecule has 21 heavy (non-hydrogen) atoms. The molecule has 1 rings (SSSR count). The summed E-state index contributed by atoms with van der Waals surface area (Å²) in [6, 6.07) is 2.31. The van der Waals surface area contributed by atoms with Gasteiger partial charge in [-0.25, -0.2) is 0 Å². The second-order valence-electron chi connectivity index (χ2n) is 6.91. The molecule has 0 atom stereocenters. The highest BCUT2D eigenvalue weighted by molar-refractivity contribution is 6.73. The number of nitrogens with one attached hydrogen (secondary N) is 1. The van der Waals surface area contributed by atoms with Crippen molar-refractivity contribution in [1.82, 2.24) is 9.88 Å². The maximum absolute atomic E-state index is 6.10. The molecule has 0 bridgehead atoms. The van der Waals surface area contributed by atoms with Crippen LogP contribution in [0, 0.1) is 0 Å². The Morgan fingerprint density at radius 1 is 1.00 bits per heavy atom. The summed E-state index contributed by atoms with van der Waals surface area (Å²) in [4.78, 5) is 5.52. The molecule has 1 fully saturated rings. The van der Waals surface area contributed by atoms with Gasteiger partial charge >= 0.3 is 8.56 Å². The lowest BCUT2D eigenvalue weighted by molar-refractivity contribution is 0.104. The molecule has 0 spiro atoms. The van der Waals surface area contributed by atoms with E-state index in [9.17, 15) is 0 Å². The molecule has 1 heterocycles. The molecule has 0 aromatic rings. The van der Waals surface area contributed by atoms with Crippen LogP contribution >= 0.6 is 0 Å². The highest BCUT2D eigenvalue weighted by atomic mass is 28.4. The average molecular weight is 335 g/mol. The van der Waals surface area contributed by atoms with Crippen LogP contribution in [0.15, 0.2) is 0 Å². The summed E-state index contributed by atoms with van der Waals surface area (Å²) < 4.78 is 12.2. The normalized spacial score (nSPS) is 20.1. The van der Waals surface area contributed by atoms with Crippen molar-refractivity contribution in [3.05, 3.63) is 0 Å². The Hall–Kier alpha value is 0.274. The van der Waals surface area contributed by atoms with E-state index in [1.165, 1.54) is 12.8 Å². The summed E-state index contributed by atoms with van der Waals surface area (Å²) in [6.07, 6.45) is 2.37. The van der Waals surface area contributed by atoms with Gasteiger partial charge in [-0.05, 0) is 26.2 Å². The summed E-state index contributed by atoms with van der Waals surface area (Å²) in [5, 5.41) is 0. The Bertz CT molecular complexity index is 243. The highest BCUT2D eigenvalue weighted by Crippen LogP contribution is 2.23. The van der Waals surface area contributed by atoms with E-state index >= 15 is 0 Å². The maximum Gasteiger partial charge on any atom is 0.338 e. The molecular formula is C15H38N2O2Si2. The molecule has 0 aromatic heterocycles. The molecule has 6 heteroatoms. The van der Waals surface area contributed by atoms with Crippen molar-refractivity contribution in [2.24, 2.45) is 0 Å². The Morgan fingerprint density at radius 2 is 1.38 bits per heavy atom. The van der Waals surface area contributed by atoms with E-state index in [1.807, 2.05) is 7.05 Å². The summed E-state index contributed by atoms with van der Waals surface area (Å²) in [5.74, 6) is 0. The van der Waals surface area contributed by atoms with Gasteiger partial charge in [-0.1, -0.05) is 46.3 Å². The second-order valence-corrected chi connectivity index (χ2v) is 15.3.